The molecule has 0 N–H and O–H groups in total. The summed E-state index contributed by atoms with van der Waals surface area (Å²) in [5, 5.41) is 0. The highest BCUT2D eigenvalue weighted by molar-refractivity contribution is 5.71. The Morgan fingerprint density at radius 2 is 0.470 bits per heavy atom. The summed E-state index contributed by atoms with van der Waals surface area (Å²) in [5.74, 6) is -0.867. The number of carbonyl (C=O) groups is 3. The van der Waals surface area contributed by atoms with Crippen molar-refractivity contribution >= 4 is 17.9 Å². The van der Waals surface area contributed by atoms with Crippen molar-refractivity contribution < 1.29 is 28.6 Å². The van der Waals surface area contributed by atoms with Crippen LogP contribution >= 0.6 is 0 Å². The van der Waals surface area contributed by atoms with Crippen LogP contribution in [0.25, 0.3) is 0 Å². The molecule has 1 unspecified atom stereocenters. The smallest absolute Gasteiger partial charge is 0.306 e. The highest BCUT2D eigenvalue weighted by Crippen LogP contribution is 2.18. The molecule has 0 fully saturated rings. The molecule has 0 heterocycles. The maximum Gasteiger partial charge on any atom is 0.306 e. The van der Waals surface area contributed by atoms with Gasteiger partial charge in [0.1, 0.15) is 13.2 Å². The highest BCUT2D eigenvalue weighted by atomic mass is 16.6. The third-order valence-electron chi connectivity index (χ3n) is 15.9. The average molecular weight is 1160 g/mol. The molecule has 0 radical (unpaired) electrons. The van der Waals surface area contributed by atoms with E-state index in [1.165, 1.54) is 225 Å². The summed E-state index contributed by atoms with van der Waals surface area (Å²) in [4.78, 5) is 38.5. The number of ether oxygens (including phenoxy) is 3. The average Bonchev–Trinajstić information content (AvgIpc) is 3.49. The van der Waals surface area contributed by atoms with Crippen molar-refractivity contribution in [2.75, 3.05) is 13.2 Å². The molecule has 0 saturated carbocycles. The Morgan fingerprint density at radius 1 is 0.253 bits per heavy atom. The molecule has 0 rings (SSSR count). The van der Waals surface area contributed by atoms with E-state index in [9.17, 15) is 14.4 Å². The first kappa shape index (κ1) is 79.6. The molecule has 0 aromatic rings. The Kier molecular flexibility index (Phi) is 68.2. The van der Waals surface area contributed by atoms with Gasteiger partial charge in [0.15, 0.2) is 6.10 Å². The van der Waals surface area contributed by atoms with Crippen LogP contribution in [0.2, 0.25) is 0 Å². The maximum atomic E-state index is 13.0. The molecule has 0 spiro atoms. The van der Waals surface area contributed by atoms with E-state index in [0.717, 1.165) is 103 Å². The van der Waals surface area contributed by atoms with Crippen LogP contribution in [0.15, 0.2) is 85.1 Å². The fourth-order valence-electron chi connectivity index (χ4n) is 10.5. The number of esters is 3. The van der Waals surface area contributed by atoms with Gasteiger partial charge in [0.2, 0.25) is 0 Å². The van der Waals surface area contributed by atoms with E-state index in [1.54, 1.807) is 0 Å². The molecule has 0 aliphatic carbocycles. The number of hydrogen-bond donors (Lipinski definition) is 0. The van der Waals surface area contributed by atoms with Gasteiger partial charge in [0.25, 0.3) is 0 Å². The molecule has 480 valence electrons. The van der Waals surface area contributed by atoms with Crippen LogP contribution in [0.4, 0.5) is 0 Å². The summed E-state index contributed by atoms with van der Waals surface area (Å²) >= 11 is 0. The lowest BCUT2D eigenvalue weighted by molar-refractivity contribution is -0.167. The first-order chi connectivity index (χ1) is 41.0. The zero-order chi connectivity index (χ0) is 59.9. The second-order valence-corrected chi connectivity index (χ2v) is 24.1. The highest BCUT2D eigenvalue weighted by Gasteiger charge is 2.19. The lowest BCUT2D eigenvalue weighted by Gasteiger charge is -2.18. The van der Waals surface area contributed by atoms with Crippen molar-refractivity contribution in [1.29, 1.82) is 0 Å². The van der Waals surface area contributed by atoms with Crippen molar-refractivity contribution in [3.63, 3.8) is 0 Å². The number of rotatable bonds is 66. The summed E-state index contributed by atoms with van der Waals surface area (Å²) < 4.78 is 17.0. The minimum atomic E-state index is -0.781. The molecule has 0 bridgehead atoms. The maximum absolute atomic E-state index is 13.0. The van der Waals surface area contributed by atoms with E-state index in [1.807, 2.05) is 0 Å². The van der Waals surface area contributed by atoms with Crippen molar-refractivity contribution in [3.8, 4) is 0 Å². The molecule has 1 atom stereocenters. The Morgan fingerprint density at radius 3 is 0.747 bits per heavy atom. The van der Waals surface area contributed by atoms with Gasteiger partial charge in [-0.3, -0.25) is 14.4 Å². The standard InChI is InChI=1S/C77H136O6/c1-4-7-10-13-16-19-22-25-28-30-32-34-35-36-37-38-39-40-41-43-44-46-49-52-55-58-61-64-67-70-76(79)82-73-74(72-81-75(78)69-66-63-60-57-54-51-48-27-24-21-18-15-12-9-6-3)83-77(80)71-68-65-62-59-56-53-50-47-45-42-33-31-29-26-23-20-17-14-11-8-5-2/h7,10,16,19,25,27-28,32,34,36-37,39-40,48,74H,4-6,8-9,11-15,17-18,20-24,26,29-31,33,35,38,41-47,49-73H2,1-3H3/b10-7-,19-16-,28-25-,34-32-,37-36-,40-39-,48-27-. The number of carbonyl (C=O) groups excluding carboxylic acids is 3. The van der Waals surface area contributed by atoms with E-state index in [-0.39, 0.29) is 31.1 Å². The van der Waals surface area contributed by atoms with Gasteiger partial charge in [0, 0.05) is 19.3 Å². The lowest BCUT2D eigenvalue weighted by atomic mass is 10.0. The van der Waals surface area contributed by atoms with Crippen LogP contribution in [0.5, 0.6) is 0 Å². The lowest BCUT2D eigenvalue weighted by Crippen LogP contribution is -2.30. The SMILES string of the molecule is CC/C=C\C/C=C\C/C=C\C/C=C\C/C=C\C/C=C\CCCCCCCCCCCCC(=O)OCC(COC(=O)CCCCCCC/C=C\CCCCCCCC)OC(=O)CCCCCCCCCCCCCCCCCCCCCCC. The number of unbranched alkanes of at least 4 members (excludes halogenated alkanes) is 41. The van der Waals surface area contributed by atoms with Gasteiger partial charge in [-0.1, -0.05) is 337 Å². The zero-order valence-corrected chi connectivity index (χ0v) is 55.2. The summed E-state index contributed by atoms with van der Waals surface area (Å²) in [6, 6.07) is 0. The number of hydrogen-bond acceptors (Lipinski definition) is 6. The van der Waals surface area contributed by atoms with Crippen LogP contribution < -0.4 is 0 Å². The van der Waals surface area contributed by atoms with Crippen molar-refractivity contribution in [2.24, 2.45) is 0 Å². The molecule has 0 amide bonds. The second kappa shape index (κ2) is 71.1. The summed E-state index contributed by atoms with van der Waals surface area (Å²) in [5.41, 5.74) is 0. The minimum Gasteiger partial charge on any atom is -0.462 e. The van der Waals surface area contributed by atoms with E-state index in [4.69, 9.17) is 14.2 Å². The monoisotopic (exact) mass is 1160 g/mol. The molecule has 0 aliphatic heterocycles. The Hall–Kier alpha value is -3.41. The molecule has 6 heteroatoms. The van der Waals surface area contributed by atoms with E-state index < -0.39 is 6.10 Å². The van der Waals surface area contributed by atoms with Gasteiger partial charge in [-0.15, -0.1) is 0 Å². The van der Waals surface area contributed by atoms with Crippen LogP contribution in [0, 0.1) is 0 Å². The summed E-state index contributed by atoms with van der Waals surface area (Å²) in [6.07, 6.45) is 94.6. The quantitative estimate of drug-likeness (QED) is 0.0261. The van der Waals surface area contributed by atoms with Gasteiger partial charge >= 0.3 is 17.9 Å². The molecular weight excluding hydrogens is 1020 g/mol. The molecule has 0 aromatic carbocycles. The third kappa shape index (κ3) is 69.3. The molecule has 83 heavy (non-hydrogen) atoms. The Balaban J connectivity index is 4.30. The first-order valence-corrected chi connectivity index (χ1v) is 36.1. The normalized spacial score (nSPS) is 12.6. The number of allylic oxidation sites excluding steroid dienone is 14. The third-order valence-corrected chi connectivity index (χ3v) is 15.9. The Labute approximate surface area is 515 Å². The molecule has 0 saturated heterocycles. The van der Waals surface area contributed by atoms with Gasteiger partial charge in [-0.2, -0.15) is 0 Å². The zero-order valence-electron chi connectivity index (χ0n) is 55.2. The van der Waals surface area contributed by atoms with E-state index in [0.29, 0.717) is 19.3 Å². The van der Waals surface area contributed by atoms with Crippen LogP contribution in [-0.2, 0) is 28.6 Å². The van der Waals surface area contributed by atoms with Crippen LogP contribution in [0.1, 0.15) is 367 Å². The largest absolute Gasteiger partial charge is 0.462 e. The van der Waals surface area contributed by atoms with Crippen molar-refractivity contribution in [3.05, 3.63) is 85.1 Å². The van der Waals surface area contributed by atoms with Crippen molar-refractivity contribution in [2.45, 2.75) is 374 Å². The molecule has 0 aliphatic rings. The van der Waals surface area contributed by atoms with Crippen molar-refractivity contribution in [1.82, 2.24) is 0 Å². The molecular formula is C77H136O6. The van der Waals surface area contributed by atoms with E-state index >= 15 is 0 Å². The first-order valence-electron chi connectivity index (χ1n) is 36.1. The Bertz CT molecular complexity index is 1570. The fraction of sp³-hybridized carbons (Fsp3) is 0.779. The van der Waals surface area contributed by atoms with Gasteiger partial charge < -0.3 is 14.2 Å². The van der Waals surface area contributed by atoms with Crippen LogP contribution in [0.3, 0.4) is 0 Å². The summed E-state index contributed by atoms with van der Waals surface area (Å²) in [7, 11) is 0. The predicted molar refractivity (Wildman–Crippen MR) is 362 cm³/mol. The van der Waals surface area contributed by atoms with Crippen LogP contribution in [-0.4, -0.2) is 37.2 Å². The topological polar surface area (TPSA) is 78.9 Å². The molecule has 0 aromatic heterocycles. The minimum absolute atomic E-state index is 0.0774. The summed E-state index contributed by atoms with van der Waals surface area (Å²) in [6.45, 7) is 6.57. The predicted octanol–water partition coefficient (Wildman–Crippen LogP) is 25.0. The second-order valence-electron chi connectivity index (χ2n) is 24.1. The van der Waals surface area contributed by atoms with Gasteiger partial charge in [-0.05, 0) is 96.3 Å². The molecule has 6 nitrogen and oxygen atoms in total. The van der Waals surface area contributed by atoms with Gasteiger partial charge in [-0.25, -0.2) is 0 Å². The fourth-order valence-corrected chi connectivity index (χ4v) is 10.5. The van der Waals surface area contributed by atoms with E-state index in [2.05, 4.69) is 106 Å². The van der Waals surface area contributed by atoms with Gasteiger partial charge in [0.05, 0.1) is 0 Å².